The van der Waals surface area contributed by atoms with Gasteiger partial charge in [0.2, 0.25) is 15.9 Å². The van der Waals surface area contributed by atoms with Crippen LogP contribution in [0, 0.1) is 5.82 Å². The summed E-state index contributed by atoms with van der Waals surface area (Å²) in [5, 5.41) is 2.82. The van der Waals surface area contributed by atoms with Crippen molar-refractivity contribution in [2.24, 2.45) is 0 Å². The van der Waals surface area contributed by atoms with Crippen LogP contribution in [0.15, 0.2) is 41.3 Å². The van der Waals surface area contributed by atoms with Gasteiger partial charge in [0.15, 0.2) is 0 Å². The standard InChI is InChI=1S/C19H19Cl2FN2O3S/c20-15-5-4-6-17(22)14(15)12-19(25)23-13-7-8-16(21)18(11-13)28(26,27)24-9-2-1-3-10-24/h4-8,11H,1-3,9-10,12H2,(H,23,25). The maximum atomic E-state index is 13.9. The van der Waals surface area contributed by atoms with Crippen molar-refractivity contribution in [2.45, 2.75) is 30.6 Å². The fourth-order valence-corrected chi connectivity index (χ4v) is 5.34. The molecule has 1 aliphatic rings. The summed E-state index contributed by atoms with van der Waals surface area (Å²) in [5.74, 6) is -1.09. The SMILES string of the molecule is O=C(Cc1c(F)cccc1Cl)Nc1ccc(Cl)c(S(=O)(=O)N2CCCCC2)c1. The molecule has 2 aromatic rings. The van der Waals surface area contributed by atoms with Crippen LogP contribution >= 0.6 is 23.2 Å². The summed E-state index contributed by atoms with van der Waals surface area (Å²) < 4.78 is 41.0. The van der Waals surface area contributed by atoms with Crippen LogP contribution in [-0.4, -0.2) is 31.7 Å². The largest absolute Gasteiger partial charge is 0.326 e. The van der Waals surface area contributed by atoms with Crippen LogP contribution in [-0.2, 0) is 21.2 Å². The molecule has 0 unspecified atom stereocenters. The first-order valence-electron chi connectivity index (χ1n) is 8.81. The van der Waals surface area contributed by atoms with Gasteiger partial charge in [-0.05, 0) is 43.2 Å². The second-order valence-electron chi connectivity index (χ2n) is 6.54. The van der Waals surface area contributed by atoms with E-state index in [2.05, 4.69) is 5.32 Å². The number of sulfonamides is 1. The van der Waals surface area contributed by atoms with Crippen LogP contribution in [0.3, 0.4) is 0 Å². The molecular weight excluding hydrogens is 426 g/mol. The zero-order valence-electron chi connectivity index (χ0n) is 14.9. The molecule has 1 amide bonds. The topological polar surface area (TPSA) is 66.5 Å². The molecule has 1 saturated heterocycles. The van der Waals surface area contributed by atoms with Crippen LogP contribution in [0.5, 0.6) is 0 Å². The Morgan fingerprint density at radius 3 is 2.46 bits per heavy atom. The highest BCUT2D eigenvalue weighted by Gasteiger charge is 2.28. The Morgan fingerprint density at radius 2 is 1.79 bits per heavy atom. The average Bonchev–Trinajstić information content (AvgIpc) is 2.67. The second-order valence-corrected chi connectivity index (χ2v) is 9.26. The van der Waals surface area contributed by atoms with Gasteiger partial charge in [0.05, 0.1) is 11.4 Å². The summed E-state index contributed by atoms with van der Waals surface area (Å²) in [6, 6.07) is 8.42. The molecule has 3 rings (SSSR count). The molecule has 0 spiro atoms. The molecule has 28 heavy (non-hydrogen) atoms. The number of benzene rings is 2. The predicted octanol–water partition coefficient (Wildman–Crippen LogP) is 4.49. The van der Waals surface area contributed by atoms with Gasteiger partial charge < -0.3 is 5.32 Å². The van der Waals surface area contributed by atoms with Crippen molar-refractivity contribution >= 4 is 44.8 Å². The van der Waals surface area contributed by atoms with E-state index in [1.165, 1.54) is 40.7 Å². The molecule has 0 atom stereocenters. The van der Waals surface area contributed by atoms with Crippen molar-refractivity contribution in [1.82, 2.24) is 4.31 Å². The third-order valence-corrected chi connectivity index (χ3v) is 7.28. The van der Waals surface area contributed by atoms with Gasteiger partial charge in [-0.15, -0.1) is 0 Å². The van der Waals surface area contributed by atoms with Crippen LogP contribution in [0.25, 0.3) is 0 Å². The number of halogens is 3. The van der Waals surface area contributed by atoms with Gasteiger partial charge in [-0.1, -0.05) is 35.7 Å². The van der Waals surface area contributed by atoms with Crippen molar-refractivity contribution in [3.8, 4) is 0 Å². The monoisotopic (exact) mass is 444 g/mol. The number of amides is 1. The van der Waals surface area contributed by atoms with Gasteiger partial charge in [-0.25, -0.2) is 12.8 Å². The van der Waals surface area contributed by atoms with Crippen LogP contribution in [0.2, 0.25) is 10.0 Å². The number of piperidine rings is 1. The smallest absolute Gasteiger partial charge is 0.244 e. The van der Waals surface area contributed by atoms with E-state index in [0.29, 0.717) is 13.1 Å². The Kier molecular flexibility index (Phi) is 6.60. The third kappa shape index (κ3) is 4.66. The third-order valence-electron chi connectivity index (χ3n) is 4.55. The minimum atomic E-state index is -3.75. The fourth-order valence-electron chi connectivity index (χ4n) is 3.09. The summed E-state index contributed by atoms with van der Waals surface area (Å²) in [5.41, 5.74) is 0.342. The number of carbonyl (C=O) groups excluding carboxylic acids is 1. The zero-order chi connectivity index (χ0) is 20.3. The summed E-state index contributed by atoms with van der Waals surface area (Å²) in [4.78, 5) is 12.2. The molecule has 0 aromatic heterocycles. The molecule has 1 fully saturated rings. The van der Waals surface area contributed by atoms with Crippen LogP contribution < -0.4 is 5.32 Å². The lowest BCUT2D eigenvalue weighted by molar-refractivity contribution is -0.115. The maximum absolute atomic E-state index is 13.9. The Morgan fingerprint density at radius 1 is 1.07 bits per heavy atom. The average molecular weight is 445 g/mol. The number of anilines is 1. The predicted molar refractivity (Wildman–Crippen MR) is 108 cm³/mol. The van der Waals surface area contributed by atoms with E-state index in [1.807, 2.05) is 0 Å². The molecule has 150 valence electrons. The Bertz CT molecular complexity index is 972. The van der Waals surface area contributed by atoms with Crippen molar-refractivity contribution in [3.63, 3.8) is 0 Å². The minimum absolute atomic E-state index is 0.0576. The van der Waals surface area contributed by atoms with Gasteiger partial charge >= 0.3 is 0 Å². The van der Waals surface area contributed by atoms with Crippen molar-refractivity contribution in [1.29, 1.82) is 0 Å². The highest BCUT2D eigenvalue weighted by Crippen LogP contribution is 2.29. The molecule has 0 saturated carbocycles. The fraction of sp³-hybridized carbons (Fsp3) is 0.316. The second kappa shape index (κ2) is 8.78. The zero-order valence-corrected chi connectivity index (χ0v) is 17.2. The highest BCUT2D eigenvalue weighted by atomic mass is 35.5. The van der Waals surface area contributed by atoms with Gasteiger partial charge in [-0.3, -0.25) is 4.79 Å². The highest BCUT2D eigenvalue weighted by molar-refractivity contribution is 7.89. The van der Waals surface area contributed by atoms with Crippen LogP contribution in [0.4, 0.5) is 10.1 Å². The molecule has 0 radical (unpaired) electrons. The van der Waals surface area contributed by atoms with Gasteiger partial charge in [0.25, 0.3) is 0 Å². The van der Waals surface area contributed by atoms with Gasteiger partial charge in [0.1, 0.15) is 10.7 Å². The molecule has 1 heterocycles. The van der Waals surface area contributed by atoms with Crippen molar-refractivity contribution in [3.05, 3.63) is 57.8 Å². The first kappa shape index (κ1) is 21.0. The number of hydrogen-bond donors (Lipinski definition) is 1. The summed E-state index contributed by atoms with van der Waals surface area (Å²) in [6.07, 6.45) is 2.32. The molecule has 0 bridgehead atoms. The van der Waals surface area contributed by atoms with Crippen molar-refractivity contribution < 1.29 is 17.6 Å². The Labute approximate surface area is 173 Å². The summed E-state index contributed by atoms with van der Waals surface area (Å²) in [6.45, 7) is 0.891. The van der Waals surface area contributed by atoms with Gasteiger partial charge in [-0.2, -0.15) is 4.31 Å². The Hall–Kier alpha value is -1.67. The van der Waals surface area contributed by atoms with E-state index < -0.39 is 21.7 Å². The Balaban J connectivity index is 1.80. The molecule has 0 aliphatic carbocycles. The summed E-state index contributed by atoms with van der Waals surface area (Å²) >= 11 is 12.1. The first-order chi connectivity index (χ1) is 13.3. The maximum Gasteiger partial charge on any atom is 0.244 e. The normalized spacial score (nSPS) is 15.4. The summed E-state index contributed by atoms with van der Waals surface area (Å²) in [7, 11) is -3.75. The van der Waals surface area contributed by atoms with E-state index in [-0.39, 0.29) is 32.6 Å². The van der Waals surface area contributed by atoms with E-state index in [4.69, 9.17) is 23.2 Å². The first-order valence-corrected chi connectivity index (χ1v) is 11.0. The number of carbonyl (C=O) groups is 1. The molecule has 1 aliphatic heterocycles. The molecule has 1 N–H and O–H groups in total. The van der Waals surface area contributed by atoms with Crippen LogP contribution in [0.1, 0.15) is 24.8 Å². The lowest BCUT2D eigenvalue weighted by atomic mass is 10.1. The number of hydrogen-bond acceptors (Lipinski definition) is 3. The molecule has 2 aromatic carbocycles. The van der Waals surface area contributed by atoms with Gasteiger partial charge in [0, 0.05) is 29.4 Å². The lowest BCUT2D eigenvalue weighted by Crippen LogP contribution is -2.35. The molecule has 9 heteroatoms. The van der Waals surface area contributed by atoms with Crippen molar-refractivity contribution in [2.75, 3.05) is 18.4 Å². The molecular formula is C19H19Cl2FN2O3S. The van der Waals surface area contributed by atoms with E-state index in [9.17, 15) is 17.6 Å². The minimum Gasteiger partial charge on any atom is -0.326 e. The number of rotatable bonds is 5. The van der Waals surface area contributed by atoms with E-state index >= 15 is 0 Å². The number of nitrogens with one attached hydrogen (secondary N) is 1. The van der Waals surface area contributed by atoms with E-state index in [1.54, 1.807) is 0 Å². The quantitative estimate of drug-likeness (QED) is 0.738. The molecule has 5 nitrogen and oxygen atoms in total. The van der Waals surface area contributed by atoms with E-state index in [0.717, 1.165) is 19.3 Å². The lowest BCUT2D eigenvalue weighted by Gasteiger charge is -2.26. The number of nitrogens with zero attached hydrogens (tertiary/aromatic N) is 1.